The number of benzene rings is 3. The van der Waals surface area contributed by atoms with Crippen molar-refractivity contribution in [3.63, 3.8) is 0 Å². The zero-order chi connectivity index (χ0) is 21.4. The summed E-state index contributed by atoms with van der Waals surface area (Å²) in [5, 5.41) is 12.0. The van der Waals surface area contributed by atoms with E-state index in [0.717, 1.165) is 39.2 Å². The van der Waals surface area contributed by atoms with Crippen molar-refractivity contribution in [1.82, 2.24) is 9.97 Å². The van der Waals surface area contributed by atoms with Gasteiger partial charge < -0.3 is 19.5 Å². The molecule has 31 heavy (non-hydrogen) atoms. The van der Waals surface area contributed by atoms with Crippen molar-refractivity contribution < 1.29 is 14.6 Å². The summed E-state index contributed by atoms with van der Waals surface area (Å²) in [5.41, 5.74) is 3.50. The molecular formula is C25H23N3O3. The highest BCUT2D eigenvalue weighted by molar-refractivity contribution is 5.91. The first-order valence-electron chi connectivity index (χ1n) is 10.2. The second-order valence-corrected chi connectivity index (χ2v) is 7.51. The molecule has 0 saturated carbocycles. The molecule has 1 aromatic heterocycles. The molecule has 0 fully saturated rings. The first-order chi connectivity index (χ1) is 15.2. The second kappa shape index (κ2) is 7.89. The third-order valence-corrected chi connectivity index (χ3v) is 5.70. The van der Waals surface area contributed by atoms with Gasteiger partial charge in [0.1, 0.15) is 23.4 Å². The molecule has 2 heterocycles. The SMILES string of the molecule is COc1ccc(OC)c2c1CN(c1nc(-c3ccccc3)nc3ccccc13)CC2O. The Hall–Kier alpha value is -3.64. The fourth-order valence-electron chi connectivity index (χ4n) is 4.25. The molecule has 0 spiro atoms. The van der Waals surface area contributed by atoms with Crippen LogP contribution in [0, 0.1) is 0 Å². The number of methoxy groups -OCH3 is 2. The number of aliphatic hydroxyl groups excluding tert-OH is 1. The number of nitrogens with zero attached hydrogens (tertiary/aromatic N) is 3. The highest BCUT2D eigenvalue weighted by Crippen LogP contribution is 2.41. The number of aliphatic hydroxyl groups is 1. The summed E-state index contributed by atoms with van der Waals surface area (Å²) in [6, 6.07) is 21.6. The molecule has 0 amide bonds. The maximum atomic E-state index is 11.1. The first kappa shape index (κ1) is 19.3. The lowest BCUT2D eigenvalue weighted by atomic mass is 9.95. The Labute approximate surface area is 180 Å². The van der Waals surface area contributed by atoms with Crippen molar-refractivity contribution in [2.75, 3.05) is 25.7 Å². The van der Waals surface area contributed by atoms with Crippen LogP contribution in [0.2, 0.25) is 0 Å². The number of β-amino-alcohol motifs (C(OH)–C–C–N with tert-alkyl or cyclic N) is 1. The van der Waals surface area contributed by atoms with Crippen molar-refractivity contribution in [3.05, 3.63) is 77.9 Å². The predicted octanol–water partition coefficient (Wildman–Crippen LogP) is 4.37. The number of rotatable bonds is 4. The molecule has 3 aromatic carbocycles. The molecule has 6 nitrogen and oxygen atoms in total. The molecule has 0 radical (unpaired) electrons. The quantitative estimate of drug-likeness (QED) is 0.536. The number of hydrogen-bond donors (Lipinski definition) is 1. The highest BCUT2D eigenvalue weighted by atomic mass is 16.5. The smallest absolute Gasteiger partial charge is 0.162 e. The topological polar surface area (TPSA) is 67.7 Å². The second-order valence-electron chi connectivity index (χ2n) is 7.51. The molecule has 1 aliphatic rings. The van der Waals surface area contributed by atoms with Crippen LogP contribution in [0.25, 0.3) is 22.3 Å². The molecule has 1 N–H and O–H groups in total. The highest BCUT2D eigenvalue weighted by Gasteiger charge is 2.31. The van der Waals surface area contributed by atoms with Crippen molar-refractivity contribution in [1.29, 1.82) is 0 Å². The maximum absolute atomic E-state index is 11.1. The predicted molar refractivity (Wildman–Crippen MR) is 121 cm³/mol. The molecule has 0 bridgehead atoms. The Morgan fingerprint density at radius 3 is 2.35 bits per heavy atom. The van der Waals surface area contributed by atoms with Crippen molar-refractivity contribution in [2.24, 2.45) is 0 Å². The monoisotopic (exact) mass is 413 g/mol. The molecule has 156 valence electrons. The van der Waals surface area contributed by atoms with Crippen LogP contribution in [0.3, 0.4) is 0 Å². The van der Waals surface area contributed by atoms with Crippen LogP contribution in [-0.4, -0.2) is 35.8 Å². The van der Waals surface area contributed by atoms with Gasteiger partial charge in [-0.25, -0.2) is 9.97 Å². The number of ether oxygens (including phenoxy) is 2. The van der Waals surface area contributed by atoms with Gasteiger partial charge in [-0.05, 0) is 24.3 Å². The Morgan fingerprint density at radius 2 is 1.58 bits per heavy atom. The van der Waals surface area contributed by atoms with Crippen molar-refractivity contribution in [2.45, 2.75) is 12.6 Å². The standard InChI is InChI=1S/C25H23N3O3/c1-30-21-12-13-22(31-2)23-18(21)14-28(15-20(23)29)25-17-10-6-7-11-19(17)26-24(27-25)16-8-4-3-5-9-16/h3-13,20,29H,14-15H2,1-2H3. The van der Waals surface area contributed by atoms with Crippen LogP contribution >= 0.6 is 0 Å². The summed E-state index contributed by atoms with van der Waals surface area (Å²) in [6.45, 7) is 0.938. The lowest BCUT2D eigenvalue weighted by Crippen LogP contribution is -2.35. The zero-order valence-corrected chi connectivity index (χ0v) is 17.4. The van der Waals surface area contributed by atoms with Crippen LogP contribution in [0.5, 0.6) is 11.5 Å². The van der Waals surface area contributed by atoms with Gasteiger partial charge >= 0.3 is 0 Å². The summed E-state index contributed by atoms with van der Waals surface area (Å²) in [6.07, 6.45) is -0.734. The third-order valence-electron chi connectivity index (χ3n) is 5.70. The minimum Gasteiger partial charge on any atom is -0.496 e. The van der Waals surface area contributed by atoms with Crippen LogP contribution in [0.1, 0.15) is 17.2 Å². The fourth-order valence-corrected chi connectivity index (χ4v) is 4.25. The number of aromatic nitrogens is 2. The largest absolute Gasteiger partial charge is 0.496 e. The fraction of sp³-hybridized carbons (Fsp3) is 0.200. The zero-order valence-electron chi connectivity index (χ0n) is 17.4. The molecule has 6 heteroatoms. The minimum absolute atomic E-state index is 0.395. The lowest BCUT2D eigenvalue weighted by molar-refractivity contribution is 0.169. The summed E-state index contributed by atoms with van der Waals surface area (Å²) in [7, 11) is 3.26. The summed E-state index contributed by atoms with van der Waals surface area (Å²) < 4.78 is 11.1. The number of anilines is 1. The molecule has 0 saturated heterocycles. The Balaban J connectivity index is 1.67. The van der Waals surface area contributed by atoms with E-state index in [9.17, 15) is 5.11 Å². The van der Waals surface area contributed by atoms with E-state index in [1.54, 1.807) is 14.2 Å². The van der Waals surface area contributed by atoms with Crippen LogP contribution < -0.4 is 14.4 Å². The normalized spacial score (nSPS) is 15.6. The Kier molecular flexibility index (Phi) is 4.92. The van der Waals surface area contributed by atoms with Crippen molar-refractivity contribution in [3.8, 4) is 22.9 Å². The Morgan fingerprint density at radius 1 is 0.871 bits per heavy atom. The van der Waals surface area contributed by atoms with Gasteiger partial charge in [-0.2, -0.15) is 0 Å². The van der Waals surface area contributed by atoms with Gasteiger partial charge in [0.2, 0.25) is 0 Å². The van der Waals surface area contributed by atoms with Gasteiger partial charge in [0.15, 0.2) is 5.82 Å². The van der Waals surface area contributed by atoms with E-state index in [0.29, 0.717) is 24.7 Å². The molecule has 1 unspecified atom stereocenters. The van der Waals surface area contributed by atoms with E-state index in [1.165, 1.54) is 0 Å². The number of para-hydroxylation sites is 1. The average Bonchev–Trinajstić information content (AvgIpc) is 2.83. The van der Waals surface area contributed by atoms with E-state index in [1.807, 2.05) is 66.7 Å². The number of hydrogen-bond acceptors (Lipinski definition) is 6. The summed E-state index contributed by atoms with van der Waals surface area (Å²) in [4.78, 5) is 11.8. The van der Waals surface area contributed by atoms with Gasteiger partial charge in [0.25, 0.3) is 0 Å². The van der Waals surface area contributed by atoms with Gasteiger partial charge in [-0.1, -0.05) is 42.5 Å². The molecule has 5 rings (SSSR count). The maximum Gasteiger partial charge on any atom is 0.162 e. The molecule has 0 aliphatic carbocycles. The van der Waals surface area contributed by atoms with E-state index in [4.69, 9.17) is 19.4 Å². The van der Waals surface area contributed by atoms with Gasteiger partial charge in [-0.3, -0.25) is 0 Å². The van der Waals surface area contributed by atoms with Crippen molar-refractivity contribution >= 4 is 16.7 Å². The van der Waals surface area contributed by atoms with Crippen LogP contribution in [0.4, 0.5) is 5.82 Å². The molecule has 1 aliphatic heterocycles. The molecular weight excluding hydrogens is 390 g/mol. The van der Waals surface area contributed by atoms with Crippen LogP contribution in [-0.2, 0) is 6.54 Å². The van der Waals surface area contributed by atoms with Gasteiger partial charge in [0.05, 0.1) is 26.3 Å². The van der Waals surface area contributed by atoms with Crippen LogP contribution in [0.15, 0.2) is 66.7 Å². The molecule has 4 aromatic rings. The number of fused-ring (bicyclic) bond motifs is 2. The van der Waals surface area contributed by atoms with E-state index >= 15 is 0 Å². The van der Waals surface area contributed by atoms with E-state index in [2.05, 4.69) is 4.90 Å². The first-order valence-corrected chi connectivity index (χ1v) is 10.2. The van der Waals surface area contributed by atoms with Gasteiger partial charge in [-0.15, -0.1) is 0 Å². The average molecular weight is 413 g/mol. The lowest BCUT2D eigenvalue weighted by Gasteiger charge is -2.35. The summed E-state index contributed by atoms with van der Waals surface area (Å²) >= 11 is 0. The Bertz CT molecular complexity index is 1240. The minimum atomic E-state index is -0.734. The van der Waals surface area contributed by atoms with E-state index in [-0.39, 0.29) is 0 Å². The molecule has 1 atom stereocenters. The van der Waals surface area contributed by atoms with E-state index < -0.39 is 6.10 Å². The van der Waals surface area contributed by atoms with Gasteiger partial charge in [0, 0.05) is 28.6 Å². The third kappa shape index (κ3) is 3.35. The summed E-state index contributed by atoms with van der Waals surface area (Å²) in [5.74, 6) is 2.84.